The lowest BCUT2D eigenvalue weighted by Gasteiger charge is -2.10. The summed E-state index contributed by atoms with van der Waals surface area (Å²) in [6, 6.07) is 7.34. The Morgan fingerprint density at radius 2 is 2.29 bits per heavy atom. The second-order valence-corrected chi connectivity index (χ2v) is 5.09. The Balaban J connectivity index is 1.91. The van der Waals surface area contributed by atoms with E-state index in [1.54, 1.807) is 0 Å². The van der Waals surface area contributed by atoms with Gasteiger partial charge in [0.05, 0.1) is 0 Å². The van der Waals surface area contributed by atoms with Crippen molar-refractivity contribution in [2.45, 2.75) is 26.2 Å². The molecule has 0 fully saturated rings. The summed E-state index contributed by atoms with van der Waals surface area (Å²) in [4.78, 5) is 11.9. The third-order valence-electron chi connectivity index (χ3n) is 3.28. The first-order valence-corrected chi connectivity index (χ1v) is 7.05. The summed E-state index contributed by atoms with van der Waals surface area (Å²) in [6.45, 7) is 2.77. The van der Waals surface area contributed by atoms with Crippen molar-refractivity contribution in [1.82, 2.24) is 10.2 Å². The minimum Gasteiger partial charge on any atom is -0.423 e. The van der Waals surface area contributed by atoms with Gasteiger partial charge in [0.1, 0.15) is 0 Å². The minimum atomic E-state index is 0.00144. The van der Waals surface area contributed by atoms with Gasteiger partial charge < -0.3 is 15.5 Å². The molecule has 2 rings (SSSR count). The number of carbonyl (C=O) groups is 1. The van der Waals surface area contributed by atoms with Gasteiger partial charge in [0, 0.05) is 17.7 Å². The quantitative estimate of drug-likeness (QED) is 0.816. The molecular weight excluding hydrogens is 268 g/mol. The van der Waals surface area contributed by atoms with Gasteiger partial charge in [-0.25, -0.2) is 0 Å². The Bertz CT molecular complexity index is 569. The van der Waals surface area contributed by atoms with Gasteiger partial charge in [-0.3, -0.25) is 4.79 Å². The van der Waals surface area contributed by atoms with Crippen LogP contribution in [0, 0.1) is 5.92 Å². The van der Waals surface area contributed by atoms with Crippen molar-refractivity contribution in [3.63, 3.8) is 0 Å². The largest absolute Gasteiger partial charge is 0.423 e. The number of aromatic nitrogens is 2. The maximum atomic E-state index is 11.9. The molecule has 0 radical (unpaired) electrons. The van der Waals surface area contributed by atoms with E-state index < -0.39 is 0 Å². The average molecular weight is 288 g/mol. The number of carbonyl (C=O) groups excluding carboxylic acids is 1. The van der Waals surface area contributed by atoms with Gasteiger partial charge in [-0.15, -0.1) is 10.2 Å². The fourth-order valence-electron chi connectivity index (χ4n) is 2.06. The third-order valence-corrected chi connectivity index (χ3v) is 3.28. The second kappa shape index (κ2) is 7.54. The van der Waals surface area contributed by atoms with Crippen LogP contribution in [-0.4, -0.2) is 22.6 Å². The third kappa shape index (κ3) is 4.68. The Morgan fingerprint density at radius 1 is 1.43 bits per heavy atom. The molecule has 1 aromatic heterocycles. The summed E-state index contributed by atoms with van der Waals surface area (Å²) in [7, 11) is 0. The molecule has 1 heterocycles. The molecule has 0 aliphatic carbocycles. The Hall–Kier alpha value is -2.21. The Morgan fingerprint density at radius 3 is 3.00 bits per heavy atom. The number of benzene rings is 1. The van der Waals surface area contributed by atoms with E-state index in [4.69, 9.17) is 10.2 Å². The first-order chi connectivity index (χ1) is 10.2. The molecule has 1 unspecified atom stereocenters. The predicted molar refractivity (Wildman–Crippen MR) is 80.4 cm³/mol. The summed E-state index contributed by atoms with van der Waals surface area (Å²) in [5.74, 6) is 0.898. The van der Waals surface area contributed by atoms with Crippen molar-refractivity contribution >= 4 is 11.6 Å². The number of amides is 1. The van der Waals surface area contributed by atoms with Crippen LogP contribution >= 0.6 is 0 Å². The first-order valence-electron chi connectivity index (χ1n) is 7.05. The number of hydrogen-bond acceptors (Lipinski definition) is 5. The minimum absolute atomic E-state index is 0.00144. The monoisotopic (exact) mass is 288 g/mol. The van der Waals surface area contributed by atoms with Crippen LogP contribution in [-0.2, 0) is 4.79 Å². The Kier molecular flexibility index (Phi) is 5.45. The summed E-state index contributed by atoms with van der Waals surface area (Å²) < 4.78 is 5.14. The number of hydrogen-bond donors (Lipinski definition) is 2. The maximum Gasteiger partial charge on any atom is 0.247 e. The molecule has 1 amide bonds. The van der Waals surface area contributed by atoms with Gasteiger partial charge >= 0.3 is 0 Å². The summed E-state index contributed by atoms with van der Waals surface area (Å²) in [6.07, 6.45) is 3.55. The molecule has 1 atom stereocenters. The van der Waals surface area contributed by atoms with Gasteiger partial charge in [-0.2, -0.15) is 0 Å². The van der Waals surface area contributed by atoms with Crippen LogP contribution in [0.15, 0.2) is 35.1 Å². The van der Waals surface area contributed by atoms with Crippen molar-refractivity contribution in [2.24, 2.45) is 11.7 Å². The zero-order valence-corrected chi connectivity index (χ0v) is 12.1. The topological polar surface area (TPSA) is 94.0 Å². The van der Waals surface area contributed by atoms with E-state index in [1.807, 2.05) is 24.3 Å². The van der Waals surface area contributed by atoms with Crippen molar-refractivity contribution < 1.29 is 9.21 Å². The molecule has 0 aliphatic rings. The van der Waals surface area contributed by atoms with Crippen LogP contribution in [0.25, 0.3) is 11.5 Å². The summed E-state index contributed by atoms with van der Waals surface area (Å²) in [5, 5.41) is 10.4. The van der Waals surface area contributed by atoms with Crippen molar-refractivity contribution in [2.75, 3.05) is 11.9 Å². The van der Waals surface area contributed by atoms with Gasteiger partial charge in [0.2, 0.25) is 18.2 Å². The average Bonchev–Trinajstić information content (AvgIpc) is 3.00. The van der Waals surface area contributed by atoms with Crippen molar-refractivity contribution in [1.29, 1.82) is 0 Å². The standard InChI is InChI=1S/C15H20N4O2/c1-11(7-8-16)5-6-14(20)18-13-4-2-3-12(9-13)15-19-17-10-21-15/h2-4,9-11H,5-8,16H2,1H3,(H,18,20). The van der Waals surface area contributed by atoms with E-state index in [-0.39, 0.29) is 5.91 Å². The lowest BCUT2D eigenvalue weighted by molar-refractivity contribution is -0.116. The van der Waals surface area contributed by atoms with Gasteiger partial charge in [-0.1, -0.05) is 13.0 Å². The van der Waals surface area contributed by atoms with E-state index in [9.17, 15) is 4.79 Å². The smallest absolute Gasteiger partial charge is 0.247 e. The van der Waals surface area contributed by atoms with Gasteiger partial charge in [-0.05, 0) is 43.5 Å². The van der Waals surface area contributed by atoms with Crippen LogP contribution in [0.2, 0.25) is 0 Å². The molecule has 0 aliphatic heterocycles. The van der Waals surface area contributed by atoms with Crippen LogP contribution in [0.3, 0.4) is 0 Å². The fraction of sp³-hybridized carbons (Fsp3) is 0.400. The predicted octanol–water partition coefficient (Wildman–Crippen LogP) is 2.44. The van der Waals surface area contributed by atoms with E-state index in [0.29, 0.717) is 24.8 Å². The maximum absolute atomic E-state index is 11.9. The first kappa shape index (κ1) is 15.2. The molecule has 0 bridgehead atoms. The molecular formula is C15H20N4O2. The molecule has 6 heteroatoms. The molecule has 2 aromatic rings. The van der Waals surface area contributed by atoms with Crippen molar-refractivity contribution in [3.05, 3.63) is 30.7 Å². The molecule has 0 spiro atoms. The summed E-state index contributed by atoms with van der Waals surface area (Å²) in [5.41, 5.74) is 7.01. The number of anilines is 1. The molecule has 3 N–H and O–H groups in total. The number of nitrogens with one attached hydrogen (secondary N) is 1. The highest BCUT2D eigenvalue weighted by molar-refractivity contribution is 5.91. The number of rotatable bonds is 7. The zero-order chi connectivity index (χ0) is 15.1. The van der Waals surface area contributed by atoms with E-state index in [0.717, 1.165) is 24.1 Å². The molecule has 0 saturated heterocycles. The van der Waals surface area contributed by atoms with E-state index in [1.165, 1.54) is 6.39 Å². The molecule has 1 aromatic carbocycles. The molecule has 6 nitrogen and oxygen atoms in total. The number of nitrogens with zero attached hydrogens (tertiary/aromatic N) is 2. The SMILES string of the molecule is CC(CCN)CCC(=O)Nc1cccc(-c2nnco2)c1. The highest BCUT2D eigenvalue weighted by Gasteiger charge is 2.08. The zero-order valence-electron chi connectivity index (χ0n) is 12.1. The number of nitrogens with two attached hydrogens (primary N) is 1. The lowest BCUT2D eigenvalue weighted by atomic mass is 10.0. The highest BCUT2D eigenvalue weighted by Crippen LogP contribution is 2.20. The normalized spacial score (nSPS) is 12.1. The summed E-state index contributed by atoms with van der Waals surface area (Å²) >= 11 is 0. The highest BCUT2D eigenvalue weighted by atomic mass is 16.4. The van der Waals surface area contributed by atoms with Gasteiger partial charge in [0.15, 0.2) is 0 Å². The van der Waals surface area contributed by atoms with Crippen LogP contribution in [0.5, 0.6) is 0 Å². The molecule has 112 valence electrons. The van der Waals surface area contributed by atoms with Crippen molar-refractivity contribution in [3.8, 4) is 11.5 Å². The van der Waals surface area contributed by atoms with E-state index in [2.05, 4.69) is 22.4 Å². The fourth-order valence-corrected chi connectivity index (χ4v) is 2.06. The molecule has 21 heavy (non-hydrogen) atoms. The van der Waals surface area contributed by atoms with Crippen LogP contribution in [0.4, 0.5) is 5.69 Å². The van der Waals surface area contributed by atoms with E-state index >= 15 is 0 Å². The van der Waals surface area contributed by atoms with Gasteiger partial charge in [0.25, 0.3) is 0 Å². The van der Waals surface area contributed by atoms with Crippen LogP contribution in [0.1, 0.15) is 26.2 Å². The van der Waals surface area contributed by atoms with Crippen LogP contribution < -0.4 is 11.1 Å². The molecule has 0 saturated carbocycles. The second-order valence-electron chi connectivity index (χ2n) is 5.09. The lowest BCUT2D eigenvalue weighted by Crippen LogP contribution is -2.14. The Labute approximate surface area is 123 Å².